The van der Waals surface area contributed by atoms with Crippen molar-refractivity contribution >= 4 is 39.1 Å². The Labute approximate surface area is 232 Å². The maximum absolute atomic E-state index is 13.9. The van der Waals surface area contributed by atoms with Crippen molar-refractivity contribution in [2.24, 2.45) is 5.92 Å². The van der Waals surface area contributed by atoms with E-state index in [-0.39, 0.29) is 11.9 Å². The fourth-order valence-electron chi connectivity index (χ4n) is 5.00. The van der Waals surface area contributed by atoms with Gasteiger partial charge in [-0.1, -0.05) is 32.0 Å². The summed E-state index contributed by atoms with van der Waals surface area (Å²) in [7, 11) is 3.17. The lowest BCUT2D eigenvalue weighted by molar-refractivity contribution is 0.0505. The highest BCUT2D eigenvalue weighted by atomic mass is 32.1. The van der Waals surface area contributed by atoms with Crippen LogP contribution >= 0.6 is 11.3 Å². The van der Waals surface area contributed by atoms with Gasteiger partial charge in [-0.3, -0.25) is 4.79 Å². The van der Waals surface area contributed by atoms with Crippen molar-refractivity contribution in [3.8, 4) is 22.8 Å². The van der Waals surface area contributed by atoms with E-state index in [4.69, 9.17) is 19.2 Å². The number of ether oxygens (including phenoxy) is 3. The van der Waals surface area contributed by atoms with E-state index in [2.05, 4.69) is 12.2 Å². The summed E-state index contributed by atoms with van der Waals surface area (Å²) in [5.74, 6) is 1.05. The van der Waals surface area contributed by atoms with Gasteiger partial charge in [-0.2, -0.15) is 0 Å². The van der Waals surface area contributed by atoms with Crippen molar-refractivity contribution in [1.82, 2.24) is 4.98 Å². The van der Waals surface area contributed by atoms with Crippen LogP contribution in [0.15, 0.2) is 48.5 Å². The molecule has 5 rings (SSSR count). The number of hydrogen-bond donors (Lipinski definition) is 1. The van der Waals surface area contributed by atoms with E-state index in [0.29, 0.717) is 51.4 Å². The maximum atomic E-state index is 13.9. The molecule has 1 aliphatic carbocycles. The number of carbonyl (C=O) groups excluding carboxylic acids is 2. The third-order valence-corrected chi connectivity index (χ3v) is 8.19. The topological polar surface area (TPSA) is 86.8 Å². The summed E-state index contributed by atoms with van der Waals surface area (Å²) < 4.78 is 16.4. The van der Waals surface area contributed by atoms with Gasteiger partial charge < -0.3 is 19.5 Å². The third kappa shape index (κ3) is 5.34. The molecule has 4 aromatic rings. The molecule has 1 aliphatic rings. The quantitative estimate of drug-likeness (QED) is 0.242. The van der Waals surface area contributed by atoms with Crippen LogP contribution < -0.4 is 14.8 Å². The van der Waals surface area contributed by atoms with Crippen molar-refractivity contribution in [2.75, 3.05) is 26.1 Å². The van der Waals surface area contributed by atoms with Gasteiger partial charge in [0, 0.05) is 15.8 Å². The molecule has 2 heterocycles. The van der Waals surface area contributed by atoms with Crippen LogP contribution in [0, 0.1) is 5.92 Å². The van der Waals surface area contributed by atoms with Gasteiger partial charge in [-0.25, -0.2) is 9.78 Å². The minimum absolute atomic E-state index is 0.300. The summed E-state index contributed by atoms with van der Waals surface area (Å²) in [6, 6.07) is 14.9. The zero-order valence-corrected chi connectivity index (χ0v) is 23.4. The summed E-state index contributed by atoms with van der Waals surface area (Å²) in [5.41, 5.74) is 4.09. The van der Waals surface area contributed by atoms with E-state index in [0.717, 1.165) is 47.1 Å². The van der Waals surface area contributed by atoms with Gasteiger partial charge >= 0.3 is 5.97 Å². The van der Waals surface area contributed by atoms with E-state index in [9.17, 15) is 9.59 Å². The summed E-state index contributed by atoms with van der Waals surface area (Å²) in [5, 5.41) is 4.35. The molecule has 2 aromatic carbocycles. The van der Waals surface area contributed by atoms with Gasteiger partial charge in [0.05, 0.1) is 43.2 Å². The van der Waals surface area contributed by atoms with Crippen LogP contribution in [0.4, 0.5) is 5.00 Å². The SMILES string of the molecule is CCCOC(=O)c1c(NC(=O)c2cc(-c3ccc(OC)c(OC)c3)nc3ccccc23)sc2c1CC[C@H](C)C2. The van der Waals surface area contributed by atoms with Crippen molar-refractivity contribution in [3.63, 3.8) is 0 Å². The smallest absolute Gasteiger partial charge is 0.341 e. The van der Waals surface area contributed by atoms with E-state index >= 15 is 0 Å². The standard InChI is InChI=1S/C31H32N2O5S/c1-5-14-38-31(35)28-21-12-10-18(2)15-27(21)39-30(28)33-29(34)22-17-24(32-23-9-7-6-8-20(22)23)19-11-13-25(36-3)26(16-19)37-4/h6-9,11,13,16-18H,5,10,12,14-15H2,1-4H3,(H,33,34)/t18-/m0/s1. The fraction of sp³-hybridized carbons (Fsp3) is 0.323. The first-order valence-electron chi connectivity index (χ1n) is 13.2. The van der Waals surface area contributed by atoms with Crippen LogP contribution in [0.5, 0.6) is 11.5 Å². The van der Waals surface area contributed by atoms with E-state index in [1.807, 2.05) is 49.4 Å². The number of rotatable bonds is 8. The highest BCUT2D eigenvalue weighted by Gasteiger charge is 2.30. The second kappa shape index (κ2) is 11.5. The van der Waals surface area contributed by atoms with E-state index < -0.39 is 0 Å². The van der Waals surface area contributed by atoms with Gasteiger partial charge in [-0.05, 0) is 67.5 Å². The van der Waals surface area contributed by atoms with Gasteiger partial charge in [0.2, 0.25) is 0 Å². The van der Waals surface area contributed by atoms with Crippen molar-refractivity contribution in [3.05, 3.63) is 70.1 Å². The zero-order chi connectivity index (χ0) is 27.5. The lowest BCUT2D eigenvalue weighted by atomic mass is 9.88. The second-order valence-corrected chi connectivity index (χ2v) is 10.9. The van der Waals surface area contributed by atoms with Gasteiger partial charge in [0.15, 0.2) is 11.5 Å². The first-order chi connectivity index (χ1) is 18.9. The average Bonchev–Trinajstić information content (AvgIpc) is 3.31. The average molecular weight is 545 g/mol. The summed E-state index contributed by atoms with van der Waals surface area (Å²) in [6.07, 6.45) is 3.44. The van der Waals surface area contributed by atoms with Crippen LogP contribution in [0.25, 0.3) is 22.2 Å². The number of nitrogens with one attached hydrogen (secondary N) is 1. The molecule has 1 atom stereocenters. The Hall–Kier alpha value is -3.91. The molecule has 0 fully saturated rings. The molecule has 8 heteroatoms. The third-order valence-electron chi connectivity index (χ3n) is 7.02. The van der Waals surface area contributed by atoms with Crippen molar-refractivity contribution in [1.29, 1.82) is 0 Å². The number of amides is 1. The van der Waals surface area contributed by atoms with Crippen LogP contribution in [0.3, 0.4) is 0 Å². The number of hydrogen-bond acceptors (Lipinski definition) is 7. The Bertz CT molecular complexity index is 1540. The number of para-hydroxylation sites is 1. The highest BCUT2D eigenvalue weighted by Crippen LogP contribution is 2.41. The summed E-state index contributed by atoms with van der Waals surface area (Å²) >= 11 is 1.49. The molecule has 7 nitrogen and oxygen atoms in total. The first kappa shape index (κ1) is 26.7. The molecule has 0 bridgehead atoms. The number of thiophene rings is 1. The summed E-state index contributed by atoms with van der Waals surface area (Å²) in [4.78, 5) is 33.0. The minimum atomic E-state index is -0.371. The normalized spacial score (nSPS) is 14.5. The molecular formula is C31H32N2O5S. The Kier molecular flexibility index (Phi) is 7.84. The number of nitrogens with zero attached hydrogens (tertiary/aromatic N) is 1. The van der Waals surface area contributed by atoms with Crippen molar-refractivity contribution < 1.29 is 23.8 Å². The van der Waals surface area contributed by atoms with Gasteiger partial charge in [0.1, 0.15) is 5.00 Å². The minimum Gasteiger partial charge on any atom is -0.493 e. The predicted molar refractivity (Wildman–Crippen MR) is 154 cm³/mol. The Morgan fingerprint density at radius 1 is 1.08 bits per heavy atom. The number of fused-ring (bicyclic) bond motifs is 2. The number of methoxy groups -OCH3 is 2. The highest BCUT2D eigenvalue weighted by molar-refractivity contribution is 7.17. The fourth-order valence-corrected chi connectivity index (χ4v) is 6.39. The van der Waals surface area contributed by atoms with Gasteiger partial charge in [-0.15, -0.1) is 11.3 Å². The van der Waals surface area contributed by atoms with Crippen LogP contribution in [-0.4, -0.2) is 37.7 Å². The van der Waals surface area contributed by atoms with Gasteiger partial charge in [0.25, 0.3) is 5.91 Å². The zero-order valence-electron chi connectivity index (χ0n) is 22.6. The molecule has 39 heavy (non-hydrogen) atoms. The summed E-state index contributed by atoms with van der Waals surface area (Å²) in [6.45, 7) is 4.52. The molecule has 0 spiro atoms. The number of aromatic nitrogens is 1. The molecule has 0 saturated heterocycles. The lowest BCUT2D eigenvalue weighted by Gasteiger charge is -2.18. The number of pyridine rings is 1. The largest absolute Gasteiger partial charge is 0.493 e. The monoisotopic (exact) mass is 544 g/mol. The molecule has 1 N–H and O–H groups in total. The molecule has 0 unspecified atom stereocenters. The lowest BCUT2D eigenvalue weighted by Crippen LogP contribution is -2.17. The van der Waals surface area contributed by atoms with Crippen LogP contribution in [0.2, 0.25) is 0 Å². The Morgan fingerprint density at radius 3 is 2.64 bits per heavy atom. The first-order valence-corrected chi connectivity index (χ1v) is 14.0. The second-order valence-electron chi connectivity index (χ2n) is 9.79. The maximum Gasteiger partial charge on any atom is 0.341 e. The van der Waals surface area contributed by atoms with Crippen LogP contribution in [0.1, 0.15) is 57.8 Å². The number of carbonyl (C=O) groups is 2. The van der Waals surface area contributed by atoms with E-state index in [1.165, 1.54) is 11.3 Å². The molecule has 2 aromatic heterocycles. The molecule has 202 valence electrons. The molecular weight excluding hydrogens is 512 g/mol. The van der Waals surface area contributed by atoms with E-state index in [1.54, 1.807) is 20.3 Å². The number of esters is 1. The van der Waals surface area contributed by atoms with Crippen molar-refractivity contribution in [2.45, 2.75) is 39.5 Å². The predicted octanol–water partition coefficient (Wildman–Crippen LogP) is 6.92. The molecule has 0 saturated carbocycles. The molecule has 1 amide bonds. The Balaban J connectivity index is 1.56. The number of benzene rings is 2. The van der Waals surface area contributed by atoms with Crippen LogP contribution in [-0.2, 0) is 17.6 Å². The molecule has 0 radical (unpaired) electrons. The molecule has 0 aliphatic heterocycles. The number of anilines is 1. The Morgan fingerprint density at radius 2 is 1.87 bits per heavy atom.